The Bertz CT molecular complexity index is 927. The second kappa shape index (κ2) is 10.5. The molecule has 29 heavy (non-hydrogen) atoms. The number of carbonyl (C=O) groups is 1. The summed E-state index contributed by atoms with van der Waals surface area (Å²) in [6.45, 7) is 4.76. The summed E-state index contributed by atoms with van der Waals surface area (Å²) in [6.07, 6.45) is 1.64. The molecule has 7 nitrogen and oxygen atoms in total. The molecule has 0 aliphatic rings. The highest BCUT2D eigenvalue weighted by molar-refractivity contribution is 7.98. The van der Waals surface area contributed by atoms with E-state index in [2.05, 4.69) is 10.1 Å². The normalized spacial score (nSPS) is 10.6. The summed E-state index contributed by atoms with van der Waals surface area (Å²) >= 11 is 1.41. The van der Waals surface area contributed by atoms with Crippen molar-refractivity contribution >= 4 is 17.7 Å². The summed E-state index contributed by atoms with van der Waals surface area (Å²) in [5.74, 6) is 2.33. The van der Waals surface area contributed by atoms with E-state index >= 15 is 0 Å². The van der Waals surface area contributed by atoms with Crippen molar-refractivity contribution in [2.75, 3.05) is 19.8 Å². The standard InChI is InChI=1S/C21H22N2O5S/c1-3-25-17-6-8-18(9-7-17)26-11-12-27-21(24)19-5-4-10-22-20(19)29-14-16-13-15(2)28-23-16/h4-10,13H,3,11-12,14H2,1-2H3. The molecule has 8 heteroatoms. The molecule has 0 amide bonds. The van der Waals surface area contributed by atoms with Crippen LogP contribution < -0.4 is 9.47 Å². The van der Waals surface area contributed by atoms with Crippen molar-refractivity contribution in [2.24, 2.45) is 0 Å². The Morgan fingerprint density at radius 1 is 1.10 bits per heavy atom. The number of benzene rings is 1. The third kappa shape index (κ3) is 6.25. The second-order valence-electron chi connectivity index (χ2n) is 5.96. The van der Waals surface area contributed by atoms with Crippen LogP contribution in [-0.2, 0) is 10.5 Å². The quantitative estimate of drug-likeness (QED) is 0.276. The summed E-state index contributed by atoms with van der Waals surface area (Å²) in [5.41, 5.74) is 1.21. The lowest BCUT2D eigenvalue weighted by Crippen LogP contribution is -2.13. The molecule has 3 rings (SSSR count). The van der Waals surface area contributed by atoms with E-state index in [4.69, 9.17) is 18.7 Å². The largest absolute Gasteiger partial charge is 0.494 e. The van der Waals surface area contributed by atoms with E-state index in [-0.39, 0.29) is 13.2 Å². The highest BCUT2D eigenvalue weighted by Crippen LogP contribution is 2.24. The maximum absolute atomic E-state index is 12.4. The first kappa shape index (κ1) is 20.7. The zero-order valence-electron chi connectivity index (χ0n) is 16.3. The van der Waals surface area contributed by atoms with E-state index in [1.807, 2.05) is 44.2 Å². The Morgan fingerprint density at radius 2 is 1.86 bits per heavy atom. The van der Waals surface area contributed by atoms with E-state index in [9.17, 15) is 4.79 Å². The number of esters is 1. The molecule has 0 unspecified atom stereocenters. The molecule has 0 aliphatic carbocycles. The topological polar surface area (TPSA) is 83.7 Å². The van der Waals surface area contributed by atoms with Crippen molar-refractivity contribution in [3.05, 3.63) is 65.7 Å². The SMILES string of the molecule is CCOc1ccc(OCCOC(=O)c2cccnc2SCc2cc(C)on2)cc1. The summed E-state index contributed by atoms with van der Waals surface area (Å²) in [4.78, 5) is 16.7. The molecule has 0 saturated heterocycles. The van der Waals surface area contributed by atoms with Crippen molar-refractivity contribution in [2.45, 2.75) is 24.6 Å². The van der Waals surface area contributed by atoms with Gasteiger partial charge in [-0.3, -0.25) is 0 Å². The molecule has 0 spiro atoms. The Kier molecular flexibility index (Phi) is 7.52. The van der Waals surface area contributed by atoms with Gasteiger partial charge in [0.05, 0.1) is 17.9 Å². The molecule has 2 aromatic heterocycles. The summed E-state index contributed by atoms with van der Waals surface area (Å²) in [5, 5.41) is 4.53. The molecule has 0 atom stereocenters. The van der Waals surface area contributed by atoms with E-state index in [0.717, 1.165) is 17.2 Å². The number of hydrogen-bond acceptors (Lipinski definition) is 8. The zero-order chi connectivity index (χ0) is 20.5. The van der Waals surface area contributed by atoms with Gasteiger partial charge in [0.15, 0.2) is 0 Å². The minimum Gasteiger partial charge on any atom is -0.494 e. The van der Waals surface area contributed by atoms with E-state index in [0.29, 0.717) is 28.7 Å². The van der Waals surface area contributed by atoms with Gasteiger partial charge in [-0.2, -0.15) is 0 Å². The number of hydrogen-bond donors (Lipinski definition) is 0. The van der Waals surface area contributed by atoms with Crippen LogP contribution in [0, 0.1) is 6.92 Å². The molecule has 152 valence electrons. The monoisotopic (exact) mass is 414 g/mol. The number of aromatic nitrogens is 2. The Hall–Kier alpha value is -3.00. The van der Waals surface area contributed by atoms with Gasteiger partial charge >= 0.3 is 5.97 Å². The highest BCUT2D eigenvalue weighted by atomic mass is 32.2. The van der Waals surface area contributed by atoms with Crippen molar-refractivity contribution in [1.82, 2.24) is 10.1 Å². The number of pyridine rings is 1. The maximum atomic E-state index is 12.4. The number of carbonyl (C=O) groups excluding carboxylic acids is 1. The van der Waals surface area contributed by atoms with Crippen molar-refractivity contribution < 1.29 is 23.5 Å². The van der Waals surface area contributed by atoms with E-state index in [1.165, 1.54) is 11.8 Å². The average Bonchev–Trinajstić information content (AvgIpc) is 3.16. The second-order valence-corrected chi connectivity index (χ2v) is 6.93. The van der Waals surface area contributed by atoms with Crippen LogP contribution in [0.1, 0.15) is 28.7 Å². The van der Waals surface area contributed by atoms with Crippen molar-refractivity contribution in [3.8, 4) is 11.5 Å². The molecule has 1 aromatic carbocycles. The summed E-state index contributed by atoms with van der Waals surface area (Å²) in [7, 11) is 0. The van der Waals surface area contributed by atoms with Crippen LogP contribution in [0.15, 0.2) is 58.2 Å². The predicted octanol–water partition coefficient (Wildman–Crippen LogP) is 4.30. The van der Waals surface area contributed by atoms with Crippen LogP contribution in [-0.4, -0.2) is 35.9 Å². The third-order valence-corrected chi connectivity index (χ3v) is 4.78. The Balaban J connectivity index is 1.47. The lowest BCUT2D eigenvalue weighted by Gasteiger charge is -2.10. The Morgan fingerprint density at radius 3 is 2.55 bits per heavy atom. The van der Waals surface area contributed by atoms with Gasteiger partial charge in [0.1, 0.15) is 35.5 Å². The van der Waals surface area contributed by atoms with Gasteiger partial charge < -0.3 is 18.7 Å². The van der Waals surface area contributed by atoms with Gasteiger partial charge in [-0.1, -0.05) is 16.9 Å². The fourth-order valence-corrected chi connectivity index (χ4v) is 3.32. The smallest absolute Gasteiger partial charge is 0.341 e. The fourth-order valence-electron chi connectivity index (χ4n) is 2.46. The van der Waals surface area contributed by atoms with Crippen LogP contribution in [0.5, 0.6) is 11.5 Å². The number of thioether (sulfide) groups is 1. The first-order valence-electron chi connectivity index (χ1n) is 9.18. The first-order chi connectivity index (χ1) is 14.2. The molecule has 0 radical (unpaired) electrons. The number of rotatable bonds is 10. The van der Waals surface area contributed by atoms with Crippen LogP contribution in [0.25, 0.3) is 0 Å². The minimum absolute atomic E-state index is 0.132. The van der Waals surface area contributed by atoms with Gasteiger partial charge in [0.2, 0.25) is 0 Å². The number of ether oxygens (including phenoxy) is 3. The lowest BCUT2D eigenvalue weighted by molar-refractivity contribution is 0.0445. The molecular formula is C21H22N2O5S. The lowest BCUT2D eigenvalue weighted by atomic mass is 10.3. The molecule has 0 aliphatic heterocycles. The van der Waals surface area contributed by atoms with E-state index < -0.39 is 5.97 Å². The van der Waals surface area contributed by atoms with Gasteiger partial charge in [-0.05, 0) is 50.2 Å². The Labute approximate surface area is 173 Å². The third-order valence-electron chi connectivity index (χ3n) is 3.74. The van der Waals surface area contributed by atoms with Crippen LogP contribution >= 0.6 is 11.8 Å². The predicted molar refractivity (Wildman–Crippen MR) is 108 cm³/mol. The van der Waals surface area contributed by atoms with E-state index in [1.54, 1.807) is 18.3 Å². The minimum atomic E-state index is -0.438. The van der Waals surface area contributed by atoms with Gasteiger partial charge in [-0.25, -0.2) is 9.78 Å². The number of nitrogens with zero attached hydrogens (tertiary/aromatic N) is 2. The van der Waals surface area contributed by atoms with Crippen molar-refractivity contribution in [1.29, 1.82) is 0 Å². The first-order valence-corrected chi connectivity index (χ1v) is 10.2. The van der Waals surface area contributed by atoms with Crippen LogP contribution in [0.2, 0.25) is 0 Å². The highest BCUT2D eigenvalue weighted by Gasteiger charge is 2.15. The van der Waals surface area contributed by atoms with Crippen LogP contribution in [0.4, 0.5) is 0 Å². The molecule has 3 aromatic rings. The molecule has 0 saturated carbocycles. The maximum Gasteiger partial charge on any atom is 0.341 e. The zero-order valence-corrected chi connectivity index (χ0v) is 17.1. The molecule has 0 bridgehead atoms. The molecular weight excluding hydrogens is 392 g/mol. The molecule has 0 fully saturated rings. The van der Waals surface area contributed by atoms with Gasteiger partial charge in [0, 0.05) is 18.0 Å². The van der Waals surface area contributed by atoms with Crippen molar-refractivity contribution in [3.63, 3.8) is 0 Å². The average molecular weight is 414 g/mol. The number of aryl methyl sites for hydroxylation is 1. The van der Waals surface area contributed by atoms with Gasteiger partial charge in [-0.15, -0.1) is 0 Å². The molecule has 0 N–H and O–H groups in total. The van der Waals surface area contributed by atoms with Crippen LogP contribution in [0.3, 0.4) is 0 Å². The van der Waals surface area contributed by atoms with Gasteiger partial charge in [0.25, 0.3) is 0 Å². The molecule has 2 heterocycles. The summed E-state index contributed by atoms with van der Waals surface area (Å²) < 4.78 is 21.4. The summed E-state index contributed by atoms with van der Waals surface area (Å²) in [6, 6.07) is 12.5. The fraction of sp³-hybridized carbons (Fsp3) is 0.286.